The molecule has 0 aliphatic carbocycles. The van der Waals surface area contributed by atoms with E-state index in [1.54, 1.807) is 12.4 Å². The summed E-state index contributed by atoms with van der Waals surface area (Å²) in [6, 6.07) is 3.73. The highest BCUT2D eigenvalue weighted by molar-refractivity contribution is 5.50. The summed E-state index contributed by atoms with van der Waals surface area (Å²) in [4.78, 5) is 8.31. The van der Waals surface area contributed by atoms with Gasteiger partial charge in [-0.15, -0.1) is 0 Å². The van der Waals surface area contributed by atoms with E-state index in [0.29, 0.717) is 5.82 Å². The van der Waals surface area contributed by atoms with Gasteiger partial charge in [0.25, 0.3) is 0 Å². The Morgan fingerprint density at radius 3 is 2.74 bits per heavy atom. The Kier molecular flexibility index (Phi) is 4.09. The van der Waals surface area contributed by atoms with Crippen molar-refractivity contribution in [3.05, 3.63) is 53.0 Å². The highest BCUT2D eigenvalue weighted by Gasteiger charge is 2.20. The van der Waals surface area contributed by atoms with E-state index < -0.39 is 0 Å². The lowest BCUT2D eigenvalue weighted by atomic mass is 9.93. The average Bonchev–Trinajstić information content (AvgIpc) is 2.43. The summed E-state index contributed by atoms with van der Waals surface area (Å²) in [5.74, 6) is 6.25. The van der Waals surface area contributed by atoms with Crippen molar-refractivity contribution in [3.8, 4) is 0 Å². The molecule has 2 aromatic heterocycles. The van der Waals surface area contributed by atoms with E-state index in [-0.39, 0.29) is 6.04 Å². The fourth-order valence-electron chi connectivity index (χ4n) is 2.31. The number of rotatable bonds is 4. The molecular weight excluding hydrogens is 238 g/mol. The van der Waals surface area contributed by atoms with Crippen molar-refractivity contribution < 1.29 is 0 Å². The summed E-state index contributed by atoms with van der Waals surface area (Å²) in [6.45, 7) is 4.10. The molecule has 2 rings (SSSR count). The van der Waals surface area contributed by atoms with Gasteiger partial charge in [-0.05, 0) is 42.2 Å². The van der Waals surface area contributed by atoms with Gasteiger partial charge in [-0.25, -0.2) is 10.4 Å². The van der Waals surface area contributed by atoms with Gasteiger partial charge < -0.3 is 5.73 Å². The third-order valence-corrected chi connectivity index (χ3v) is 3.33. The molecule has 0 aromatic carbocycles. The van der Waals surface area contributed by atoms with Gasteiger partial charge in [-0.2, -0.15) is 0 Å². The fourth-order valence-corrected chi connectivity index (χ4v) is 2.31. The van der Waals surface area contributed by atoms with Crippen molar-refractivity contribution in [1.29, 1.82) is 0 Å². The van der Waals surface area contributed by atoms with E-state index in [4.69, 9.17) is 11.6 Å². The second-order valence-electron chi connectivity index (χ2n) is 4.45. The minimum absolute atomic E-state index is 0.174. The summed E-state index contributed by atoms with van der Waals surface area (Å²) >= 11 is 0. The number of aryl methyl sites for hydroxylation is 2. The van der Waals surface area contributed by atoms with E-state index in [1.165, 1.54) is 0 Å². The maximum Gasteiger partial charge on any atom is 0.128 e. The molecular formula is C14H19N5. The zero-order valence-electron chi connectivity index (χ0n) is 11.2. The van der Waals surface area contributed by atoms with Gasteiger partial charge in [0.1, 0.15) is 5.82 Å². The number of pyridine rings is 2. The van der Waals surface area contributed by atoms with Crippen molar-refractivity contribution in [2.75, 3.05) is 5.73 Å². The third kappa shape index (κ3) is 2.57. The maximum absolute atomic E-state index is 6.00. The first-order chi connectivity index (χ1) is 9.19. The SMILES string of the molecule is CCc1cnccc1C(NN)c1c(C)ccnc1N. The van der Waals surface area contributed by atoms with Crippen LogP contribution in [0.3, 0.4) is 0 Å². The quantitative estimate of drug-likeness (QED) is 0.570. The molecule has 0 radical (unpaired) electrons. The second-order valence-corrected chi connectivity index (χ2v) is 4.45. The van der Waals surface area contributed by atoms with Crippen LogP contribution in [0.2, 0.25) is 0 Å². The molecule has 5 heteroatoms. The molecule has 1 unspecified atom stereocenters. The Balaban J connectivity index is 2.57. The number of anilines is 1. The molecule has 0 spiro atoms. The number of nitrogens with two attached hydrogens (primary N) is 2. The zero-order chi connectivity index (χ0) is 13.8. The Hall–Kier alpha value is -1.98. The number of hydrogen-bond acceptors (Lipinski definition) is 5. The highest BCUT2D eigenvalue weighted by atomic mass is 15.2. The van der Waals surface area contributed by atoms with Gasteiger partial charge in [0, 0.05) is 24.2 Å². The van der Waals surface area contributed by atoms with Crippen LogP contribution in [0.15, 0.2) is 30.7 Å². The second kappa shape index (κ2) is 5.77. The predicted octanol–water partition coefficient (Wildman–Crippen LogP) is 1.48. The van der Waals surface area contributed by atoms with E-state index in [2.05, 4.69) is 22.3 Å². The molecule has 0 saturated heterocycles. The van der Waals surface area contributed by atoms with Gasteiger partial charge >= 0.3 is 0 Å². The van der Waals surface area contributed by atoms with Crippen molar-refractivity contribution in [1.82, 2.24) is 15.4 Å². The van der Waals surface area contributed by atoms with Gasteiger partial charge in [0.15, 0.2) is 0 Å². The van der Waals surface area contributed by atoms with Crippen LogP contribution in [0.1, 0.15) is 35.2 Å². The topological polar surface area (TPSA) is 89.8 Å². The van der Waals surface area contributed by atoms with Crippen LogP contribution in [-0.4, -0.2) is 9.97 Å². The van der Waals surface area contributed by atoms with E-state index in [9.17, 15) is 0 Å². The minimum atomic E-state index is -0.174. The summed E-state index contributed by atoms with van der Waals surface area (Å²) in [7, 11) is 0. The predicted molar refractivity (Wildman–Crippen MR) is 76.2 cm³/mol. The normalized spacial score (nSPS) is 12.4. The van der Waals surface area contributed by atoms with Crippen LogP contribution < -0.4 is 17.0 Å². The summed E-state index contributed by atoms with van der Waals surface area (Å²) in [5.41, 5.74) is 13.1. The number of hydrogen-bond donors (Lipinski definition) is 3. The molecule has 100 valence electrons. The Labute approximate surface area is 113 Å². The first-order valence-electron chi connectivity index (χ1n) is 6.28. The van der Waals surface area contributed by atoms with Gasteiger partial charge in [0.05, 0.1) is 6.04 Å². The van der Waals surface area contributed by atoms with Crippen LogP contribution in [0.25, 0.3) is 0 Å². The maximum atomic E-state index is 6.00. The number of nitrogen functional groups attached to an aromatic ring is 1. The van der Waals surface area contributed by atoms with Crippen LogP contribution in [-0.2, 0) is 6.42 Å². The van der Waals surface area contributed by atoms with Crippen LogP contribution in [0.5, 0.6) is 0 Å². The molecule has 0 saturated carbocycles. The number of aromatic nitrogens is 2. The lowest BCUT2D eigenvalue weighted by Gasteiger charge is -2.22. The first kappa shape index (κ1) is 13.5. The number of hydrazine groups is 1. The molecule has 0 fully saturated rings. The lowest BCUT2D eigenvalue weighted by Crippen LogP contribution is -2.31. The van der Waals surface area contributed by atoms with Crippen molar-refractivity contribution in [2.45, 2.75) is 26.3 Å². The molecule has 0 amide bonds. The number of nitrogens with zero attached hydrogens (tertiary/aromatic N) is 2. The molecule has 5 nitrogen and oxygen atoms in total. The smallest absolute Gasteiger partial charge is 0.128 e. The third-order valence-electron chi connectivity index (χ3n) is 3.33. The van der Waals surface area contributed by atoms with E-state index >= 15 is 0 Å². The van der Waals surface area contributed by atoms with E-state index in [1.807, 2.05) is 25.3 Å². The minimum Gasteiger partial charge on any atom is -0.383 e. The first-order valence-corrected chi connectivity index (χ1v) is 6.28. The monoisotopic (exact) mass is 257 g/mol. The Bertz CT molecular complexity index is 547. The van der Waals surface area contributed by atoms with Crippen LogP contribution in [0.4, 0.5) is 5.82 Å². The fraction of sp³-hybridized carbons (Fsp3) is 0.286. The molecule has 5 N–H and O–H groups in total. The zero-order valence-corrected chi connectivity index (χ0v) is 11.2. The Morgan fingerprint density at radius 2 is 2.11 bits per heavy atom. The molecule has 0 aliphatic rings. The van der Waals surface area contributed by atoms with Crippen molar-refractivity contribution in [3.63, 3.8) is 0 Å². The summed E-state index contributed by atoms with van der Waals surface area (Å²) in [5, 5.41) is 0. The lowest BCUT2D eigenvalue weighted by molar-refractivity contribution is 0.627. The molecule has 0 aliphatic heterocycles. The van der Waals surface area contributed by atoms with Crippen molar-refractivity contribution in [2.24, 2.45) is 5.84 Å². The van der Waals surface area contributed by atoms with Crippen molar-refractivity contribution >= 4 is 5.82 Å². The Morgan fingerprint density at radius 1 is 1.32 bits per heavy atom. The summed E-state index contributed by atoms with van der Waals surface area (Å²) in [6.07, 6.45) is 6.22. The van der Waals surface area contributed by atoms with Gasteiger partial charge in [-0.1, -0.05) is 6.92 Å². The molecule has 2 aromatic rings. The molecule has 19 heavy (non-hydrogen) atoms. The number of nitrogens with one attached hydrogen (secondary N) is 1. The standard InChI is InChI=1S/C14H19N5/c1-3-10-8-17-6-5-11(10)13(19-16)12-9(2)4-7-18-14(12)15/h4-8,13,19H,3,16H2,1-2H3,(H2,15,18). The molecule has 2 heterocycles. The van der Waals surface area contributed by atoms with Gasteiger partial charge in [-0.3, -0.25) is 10.8 Å². The average molecular weight is 257 g/mol. The van der Waals surface area contributed by atoms with E-state index in [0.717, 1.165) is 28.7 Å². The highest BCUT2D eigenvalue weighted by Crippen LogP contribution is 2.29. The molecule has 1 atom stereocenters. The largest absolute Gasteiger partial charge is 0.383 e. The summed E-state index contributed by atoms with van der Waals surface area (Å²) < 4.78 is 0. The van der Waals surface area contributed by atoms with Crippen LogP contribution in [0, 0.1) is 6.92 Å². The molecule has 0 bridgehead atoms. The van der Waals surface area contributed by atoms with Crippen LogP contribution >= 0.6 is 0 Å². The van der Waals surface area contributed by atoms with Gasteiger partial charge in [0.2, 0.25) is 0 Å².